The molecule has 0 saturated heterocycles. The maximum absolute atomic E-state index is 11.4. The number of hydrazine groups is 1. The Balaban J connectivity index is 2.42. The molecule has 0 spiro atoms. The molecule has 82 valence electrons. The zero-order chi connectivity index (χ0) is 11.5. The number of rotatable bonds is 2. The lowest BCUT2D eigenvalue weighted by Crippen LogP contribution is -2.29. The fourth-order valence-electron chi connectivity index (χ4n) is 1.29. The predicted molar refractivity (Wildman–Crippen MR) is 61.7 cm³/mol. The molecule has 0 atom stereocenters. The molecule has 5 nitrogen and oxygen atoms in total. The molecular formula is C10H10N4OS. The third-order valence-electron chi connectivity index (χ3n) is 2.06. The molecule has 0 unspecified atom stereocenters. The molecule has 1 amide bonds. The molecule has 6 heteroatoms. The van der Waals surface area contributed by atoms with Gasteiger partial charge in [0.15, 0.2) is 0 Å². The summed E-state index contributed by atoms with van der Waals surface area (Å²) in [6, 6.07) is 3.70. The van der Waals surface area contributed by atoms with E-state index in [9.17, 15) is 4.79 Å². The molecule has 0 aliphatic rings. The highest BCUT2D eigenvalue weighted by Crippen LogP contribution is 2.27. The molecule has 0 fully saturated rings. The third kappa shape index (κ3) is 1.93. The van der Waals surface area contributed by atoms with E-state index in [0.29, 0.717) is 10.6 Å². The van der Waals surface area contributed by atoms with Crippen molar-refractivity contribution < 1.29 is 4.79 Å². The number of nitrogens with two attached hydrogens (primary N) is 1. The number of pyridine rings is 1. The van der Waals surface area contributed by atoms with Gasteiger partial charge in [0.1, 0.15) is 9.88 Å². The quantitative estimate of drug-likeness (QED) is 0.463. The summed E-state index contributed by atoms with van der Waals surface area (Å²) in [5, 5.41) is 0.790. The Kier molecular flexibility index (Phi) is 2.93. The van der Waals surface area contributed by atoms with Gasteiger partial charge in [0, 0.05) is 18.0 Å². The van der Waals surface area contributed by atoms with Gasteiger partial charge in [-0.3, -0.25) is 15.2 Å². The highest BCUT2D eigenvalue weighted by Gasteiger charge is 2.14. The van der Waals surface area contributed by atoms with Crippen molar-refractivity contribution in [3.8, 4) is 10.6 Å². The number of nitrogens with one attached hydrogen (secondary N) is 1. The summed E-state index contributed by atoms with van der Waals surface area (Å²) < 4.78 is 0. The standard InChI is InChI=1S/C10H10N4OS/c1-6-8(9(15)14-11)16-10(13-6)7-2-4-12-5-3-7/h2-5H,11H2,1H3,(H,14,15). The van der Waals surface area contributed by atoms with Crippen LogP contribution in [0.4, 0.5) is 0 Å². The van der Waals surface area contributed by atoms with Crippen LogP contribution in [-0.4, -0.2) is 15.9 Å². The van der Waals surface area contributed by atoms with E-state index in [1.807, 2.05) is 12.1 Å². The first kappa shape index (κ1) is 10.7. The Hall–Kier alpha value is -1.79. The molecule has 16 heavy (non-hydrogen) atoms. The van der Waals surface area contributed by atoms with Crippen molar-refractivity contribution in [1.82, 2.24) is 15.4 Å². The van der Waals surface area contributed by atoms with Crippen molar-refractivity contribution >= 4 is 17.2 Å². The highest BCUT2D eigenvalue weighted by molar-refractivity contribution is 7.17. The van der Waals surface area contributed by atoms with Crippen LogP contribution in [0.1, 0.15) is 15.4 Å². The summed E-state index contributed by atoms with van der Waals surface area (Å²) in [7, 11) is 0. The minimum absolute atomic E-state index is 0.310. The lowest BCUT2D eigenvalue weighted by atomic mass is 10.3. The lowest BCUT2D eigenvalue weighted by molar-refractivity contribution is 0.0957. The van der Waals surface area contributed by atoms with Crippen LogP contribution in [0.2, 0.25) is 0 Å². The normalized spacial score (nSPS) is 10.1. The Morgan fingerprint density at radius 3 is 2.75 bits per heavy atom. The van der Waals surface area contributed by atoms with Crippen LogP contribution < -0.4 is 11.3 Å². The van der Waals surface area contributed by atoms with Crippen molar-refractivity contribution in [2.75, 3.05) is 0 Å². The first-order valence-corrected chi connectivity index (χ1v) is 5.43. The second kappa shape index (κ2) is 4.38. The van der Waals surface area contributed by atoms with Crippen LogP contribution >= 0.6 is 11.3 Å². The summed E-state index contributed by atoms with van der Waals surface area (Å²) in [5.74, 6) is 4.78. The molecule has 0 bridgehead atoms. The van der Waals surface area contributed by atoms with E-state index in [0.717, 1.165) is 10.6 Å². The van der Waals surface area contributed by atoms with Crippen LogP contribution in [0.5, 0.6) is 0 Å². The number of amides is 1. The van der Waals surface area contributed by atoms with Crippen molar-refractivity contribution in [2.45, 2.75) is 6.92 Å². The molecule has 0 aromatic carbocycles. The minimum Gasteiger partial charge on any atom is -0.289 e. The topological polar surface area (TPSA) is 80.9 Å². The minimum atomic E-state index is -0.310. The second-order valence-electron chi connectivity index (χ2n) is 3.14. The number of aromatic nitrogens is 2. The predicted octanol–water partition coefficient (Wildman–Crippen LogP) is 1.12. The molecule has 0 saturated carbocycles. The SMILES string of the molecule is Cc1nc(-c2ccncc2)sc1C(=O)NN. The molecule has 0 aliphatic heterocycles. The van der Waals surface area contributed by atoms with E-state index in [-0.39, 0.29) is 5.91 Å². The molecule has 2 rings (SSSR count). The van der Waals surface area contributed by atoms with E-state index < -0.39 is 0 Å². The molecule has 3 N–H and O–H groups in total. The second-order valence-corrected chi connectivity index (χ2v) is 4.14. The fraction of sp³-hybridized carbons (Fsp3) is 0.100. The Bertz CT molecular complexity index is 509. The number of hydrogen-bond acceptors (Lipinski definition) is 5. The van der Waals surface area contributed by atoms with Gasteiger partial charge in [0.05, 0.1) is 5.69 Å². The first-order valence-electron chi connectivity index (χ1n) is 4.61. The van der Waals surface area contributed by atoms with Crippen molar-refractivity contribution in [2.24, 2.45) is 5.84 Å². The Morgan fingerprint density at radius 1 is 1.44 bits per heavy atom. The maximum atomic E-state index is 11.4. The van der Waals surface area contributed by atoms with Gasteiger partial charge in [0.25, 0.3) is 5.91 Å². The Labute approximate surface area is 96.3 Å². The smallest absolute Gasteiger partial charge is 0.277 e. The first-order chi connectivity index (χ1) is 7.72. The van der Waals surface area contributed by atoms with E-state index >= 15 is 0 Å². The van der Waals surface area contributed by atoms with E-state index in [1.54, 1.807) is 19.3 Å². The molecular weight excluding hydrogens is 224 g/mol. The van der Waals surface area contributed by atoms with Gasteiger partial charge >= 0.3 is 0 Å². The van der Waals surface area contributed by atoms with Gasteiger partial charge in [-0.2, -0.15) is 0 Å². The van der Waals surface area contributed by atoms with Crippen molar-refractivity contribution in [3.05, 3.63) is 35.1 Å². The molecule has 2 aromatic heterocycles. The van der Waals surface area contributed by atoms with E-state index in [4.69, 9.17) is 5.84 Å². The van der Waals surface area contributed by atoms with Crippen LogP contribution in [0.25, 0.3) is 10.6 Å². The lowest BCUT2D eigenvalue weighted by Gasteiger charge is -1.94. The highest BCUT2D eigenvalue weighted by atomic mass is 32.1. The monoisotopic (exact) mass is 234 g/mol. The fourth-order valence-corrected chi connectivity index (χ4v) is 2.27. The van der Waals surface area contributed by atoms with Gasteiger partial charge in [-0.15, -0.1) is 11.3 Å². The summed E-state index contributed by atoms with van der Waals surface area (Å²) in [6.07, 6.45) is 3.38. The van der Waals surface area contributed by atoms with Crippen molar-refractivity contribution in [3.63, 3.8) is 0 Å². The van der Waals surface area contributed by atoms with Crippen LogP contribution in [-0.2, 0) is 0 Å². The summed E-state index contributed by atoms with van der Waals surface area (Å²) in [5.41, 5.74) is 3.73. The molecule has 0 aliphatic carbocycles. The van der Waals surface area contributed by atoms with Gasteiger partial charge in [0.2, 0.25) is 0 Å². The molecule has 2 aromatic rings. The van der Waals surface area contributed by atoms with Gasteiger partial charge in [-0.1, -0.05) is 0 Å². The zero-order valence-electron chi connectivity index (χ0n) is 8.60. The van der Waals surface area contributed by atoms with Crippen molar-refractivity contribution in [1.29, 1.82) is 0 Å². The van der Waals surface area contributed by atoms with Crippen LogP contribution in [0, 0.1) is 6.92 Å². The largest absolute Gasteiger partial charge is 0.289 e. The maximum Gasteiger partial charge on any atom is 0.277 e. The average molecular weight is 234 g/mol. The van der Waals surface area contributed by atoms with Gasteiger partial charge in [-0.05, 0) is 19.1 Å². The van der Waals surface area contributed by atoms with Gasteiger partial charge in [-0.25, -0.2) is 10.8 Å². The zero-order valence-corrected chi connectivity index (χ0v) is 9.41. The average Bonchev–Trinajstić information content (AvgIpc) is 2.71. The van der Waals surface area contributed by atoms with E-state index in [1.165, 1.54) is 11.3 Å². The molecule has 2 heterocycles. The molecule has 0 radical (unpaired) electrons. The number of thiazole rings is 1. The number of carbonyl (C=O) groups is 1. The number of nitrogens with zero attached hydrogens (tertiary/aromatic N) is 2. The summed E-state index contributed by atoms with van der Waals surface area (Å²) in [4.78, 5) is 20.2. The number of aryl methyl sites for hydroxylation is 1. The number of hydrogen-bond donors (Lipinski definition) is 2. The Morgan fingerprint density at radius 2 is 2.12 bits per heavy atom. The third-order valence-corrected chi connectivity index (χ3v) is 3.27. The summed E-state index contributed by atoms with van der Waals surface area (Å²) in [6.45, 7) is 1.78. The number of carbonyl (C=O) groups excluding carboxylic acids is 1. The van der Waals surface area contributed by atoms with E-state index in [2.05, 4.69) is 15.4 Å². The van der Waals surface area contributed by atoms with Crippen LogP contribution in [0.15, 0.2) is 24.5 Å². The number of nitrogen functional groups attached to an aromatic ring is 1. The summed E-state index contributed by atoms with van der Waals surface area (Å²) >= 11 is 1.31. The van der Waals surface area contributed by atoms with Gasteiger partial charge < -0.3 is 0 Å². The van der Waals surface area contributed by atoms with Crippen LogP contribution in [0.3, 0.4) is 0 Å².